The van der Waals surface area contributed by atoms with Gasteiger partial charge in [-0.3, -0.25) is 4.79 Å². The molecule has 1 amide bonds. The van der Waals surface area contributed by atoms with E-state index in [1.54, 1.807) is 13.2 Å². The van der Waals surface area contributed by atoms with E-state index >= 15 is 0 Å². The van der Waals surface area contributed by atoms with Gasteiger partial charge in [-0.15, -0.1) is 0 Å². The number of nitrogens with zero attached hydrogens (tertiary/aromatic N) is 1. The van der Waals surface area contributed by atoms with Crippen LogP contribution in [0.4, 0.5) is 0 Å². The number of hydrogen-bond donors (Lipinski definition) is 2. The molecule has 3 rings (SSSR count). The van der Waals surface area contributed by atoms with Crippen LogP contribution in [0.2, 0.25) is 5.02 Å². The zero-order valence-corrected chi connectivity index (χ0v) is 19.9. The monoisotopic (exact) mass is 516 g/mol. The van der Waals surface area contributed by atoms with Gasteiger partial charge < -0.3 is 14.6 Å². The molecule has 0 spiro atoms. The number of rotatable bonds is 8. The summed E-state index contributed by atoms with van der Waals surface area (Å²) in [6.45, 7) is 2.42. The third-order valence-electron chi connectivity index (χ3n) is 4.67. The van der Waals surface area contributed by atoms with E-state index in [1.807, 2.05) is 37.3 Å². The number of ether oxygens (including phenoxy) is 2. The number of carbonyl (C=O) groups excluding carboxylic acids is 1. The van der Waals surface area contributed by atoms with Crippen molar-refractivity contribution in [3.63, 3.8) is 0 Å². The molecule has 0 bridgehead atoms. The number of hydrogen-bond acceptors (Lipinski definition) is 5. The molecule has 0 aliphatic rings. The molecule has 0 saturated heterocycles. The van der Waals surface area contributed by atoms with E-state index in [9.17, 15) is 9.90 Å². The predicted octanol–water partition coefficient (Wildman–Crippen LogP) is 5.72. The Hall–Kier alpha value is -3.03. The van der Waals surface area contributed by atoms with Crippen molar-refractivity contribution < 1.29 is 19.4 Å². The summed E-state index contributed by atoms with van der Waals surface area (Å²) >= 11 is 9.38. The number of methoxy groups -OCH3 is 1. The average Bonchev–Trinajstić information content (AvgIpc) is 2.80. The Balaban J connectivity index is 1.75. The lowest BCUT2D eigenvalue weighted by atomic mass is 10.1. The van der Waals surface area contributed by atoms with Crippen molar-refractivity contribution in [3.8, 4) is 17.2 Å². The molecule has 0 aliphatic carbocycles. The summed E-state index contributed by atoms with van der Waals surface area (Å²) < 4.78 is 12.6. The van der Waals surface area contributed by atoms with Crippen molar-refractivity contribution in [3.05, 3.63) is 86.3 Å². The first-order valence-corrected chi connectivity index (χ1v) is 11.0. The molecule has 0 saturated carbocycles. The zero-order valence-electron chi connectivity index (χ0n) is 17.6. The normalized spacial score (nSPS) is 10.9. The van der Waals surface area contributed by atoms with Crippen molar-refractivity contribution in [2.75, 3.05) is 7.11 Å². The van der Waals surface area contributed by atoms with E-state index in [1.165, 1.54) is 24.4 Å². The highest BCUT2D eigenvalue weighted by molar-refractivity contribution is 9.10. The molecule has 166 valence electrons. The molecule has 0 fully saturated rings. The van der Waals surface area contributed by atoms with Gasteiger partial charge in [0.2, 0.25) is 0 Å². The minimum atomic E-state index is -0.445. The SMILES string of the molecule is CCc1cc(/C=N/NC(=O)c2ccc(O)c(Cl)c2)cc(OC)c1OCc1ccccc1Br. The molecule has 0 unspecified atom stereocenters. The first-order chi connectivity index (χ1) is 15.4. The number of hydrazone groups is 1. The van der Waals surface area contributed by atoms with E-state index in [4.69, 9.17) is 21.1 Å². The highest BCUT2D eigenvalue weighted by atomic mass is 79.9. The number of carbonyl (C=O) groups is 1. The maximum atomic E-state index is 12.2. The Kier molecular flexibility index (Phi) is 8.14. The van der Waals surface area contributed by atoms with Crippen molar-refractivity contribution in [2.45, 2.75) is 20.0 Å². The third kappa shape index (κ3) is 5.81. The van der Waals surface area contributed by atoms with Gasteiger partial charge in [0, 0.05) is 15.6 Å². The summed E-state index contributed by atoms with van der Waals surface area (Å²) in [5.74, 6) is 0.715. The molecule has 6 nitrogen and oxygen atoms in total. The van der Waals surface area contributed by atoms with E-state index in [0.717, 1.165) is 27.6 Å². The smallest absolute Gasteiger partial charge is 0.271 e. The van der Waals surface area contributed by atoms with Gasteiger partial charge in [0.1, 0.15) is 12.4 Å². The van der Waals surface area contributed by atoms with Crippen LogP contribution in [0.5, 0.6) is 17.2 Å². The molecule has 0 heterocycles. The molecule has 0 aromatic heterocycles. The predicted molar refractivity (Wildman–Crippen MR) is 129 cm³/mol. The maximum absolute atomic E-state index is 12.2. The average molecular weight is 518 g/mol. The van der Waals surface area contributed by atoms with Crippen LogP contribution in [0.1, 0.15) is 34.0 Å². The molecule has 0 radical (unpaired) electrons. The summed E-state index contributed by atoms with van der Waals surface area (Å²) in [6.07, 6.45) is 2.25. The van der Waals surface area contributed by atoms with Crippen LogP contribution >= 0.6 is 27.5 Å². The number of nitrogens with one attached hydrogen (secondary N) is 1. The summed E-state index contributed by atoms with van der Waals surface area (Å²) in [6, 6.07) is 15.8. The largest absolute Gasteiger partial charge is 0.506 e. The van der Waals surface area contributed by atoms with Crippen LogP contribution in [-0.2, 0) is 13.0 Å². The van der Waals surface area contributed by atoms with E-state index in [0.29, 0.717) is 18.1 Å². The number of phenolic OH excluding ortho intramolecular Hbond substituents is 1. The minimum absolute atomic E-state index is 0.0900. The first kappa shape index (κ1) is 23.6. The van der Waals surface area contributed by atoms with Crippen molar-refractivity contribution in [2.24, 2.45) is 5.10 Å². The van der Waals surface area contributed by atoms with Gasteiger partial charge >= 0.3 is 0 Å². The molecule has 2 N–H and O–H groups in total. The second-order valence-corrected chi connectivity index (χ2v) is 8.07. The minimum Gasteiger partial charge on any atom is -0.506 e. The summed E-state index contributed by atoms with van der Waals surface area (Å²) in [4.78, 5) is 12.2. The Morgan fingerprint density at radius 2 is 1.97 bits per heavy atom. The maximum Gasteiger partial charge on any atom is 0.271 e. The lowest BCUT2D eigenvalue weighted by Gasteiger charge is -2.16. The van der Waals surface area contributed by atoms with Crippen molar-refractivity contribution in [1.29, 1.82) is 0 Å². The molecule has 0 aliphatic heterocycles. The van der Waals surface area contributed by atoms with Gasteiger partial charge in [-0.05, 0) is 53.9 Å². The molecule has 3 aromatic carbocycles. The summed E-state index contributed by atoms with van der Waals surface area (Å²) in [5.41, 5.74) is 5.46. The molecule has 0 atom stereocenters. The van der Waals surface area contributed by atoms with Crippen LogP contribution in [0.15, 0.2) is 64.2 Å². The van der Waals surface area contributed by atoms with Gasteiger partial charge in [-0.2, -0.15) is 5.10 Å². The fourth-order valence-electron chi connectivity index (χ4n) is 2.98. The zero-order chi connectivity index (χ0) is 23.1. The Labute approximate surface area is 200 Å². The first-order valence-electron chi connectivity index (χ1n) is 9.82. The number of halogens is 2. The second-order valence-electron chi connectivity index (χ2n) is 6.81. The number of aryl methyl sites for hydroxylation is 1. The van der Waals surface area contributed by atoms with Crippen LogP contribution in [-0.4, -0.2) is 24.3 Å². The van der Waals surface area contributed by atoms with Gasteiger partial charge in [-0.1, -0.05) is 52.7 Å². The third-order valence-corrected chi connectivity index (χ3v) is 5.75. The number of amides is 1. The summed E-state index contributed by atoms with van der Waals surface area (Å²) in [5, 5.41) is 13.6. The Morgan fingerprint density at radius 1 is 1.19 bits per heavy atom. The molecule has 3 aromatic rings. The van der Waals surface area contributed by atoms with Gasteiger partial charge in [0.15, 0.2) is 11.5 Å². The quantitative estimate of drug-likeness (QED) is 0.296. The fraction of sp³-hybridized carbons (Fsp3) is 0.167. The van der Waals surface area contributed by atoms with Crippen LogP contribution in [0.25, 0.3) is 0 Å². The molecule has 32 heavy (non-hydrogen) atoms. The second kappa shape index (κ2) is 11.0. The van der Waals surface area contributed by atoms with E-state index in [-0.39, 0.29) is 16.3 Å². The Morgan fingerprint density at radius 3 is 2.66 bits per heavy atom. The van der Waals surface area contributed by atoms with Gasteiger partial charge in [0.05, 0.1) is 18.3 Å². The lowest BCUT2D eigenvalue weighted by Crippen LogP contribution is -2.17. The van der Waals surface area contributed by atoms with Crippen LogP contribution in [0, 0.1) is 0 Å². The van der Waals surface area contributed by atoms with Gasteiger partial charge in [0.25, 0.3) is 5.91 Å². The standard InChI is InChI=1S/C24H22BrClN2O4/c1-3-16-10-15(13-27-28-24(30)17-8-9-21(29)20(26)12-17)11-22(31-2)23(16)32-14-18-6-4-5-7-19(18)25/h4-13,29H,3,14H2,1-2H3,(H,28,30)/b27-13+. The topological polar surface area (TPSA) is 80.2 Å². The van der Waals surface area contributed by atoms with Crippen molar-refractivity contribution in [1.82, 2.24) is 5.43 Å². The number of aromatic hydroxyl groups is 1. The van der Waals surface area contributed by atoms with Gasteiger partial charge in [-0.25, -0.2) is 5.43 Å². The van der Waals surface area contributed by atoms with Crippen LogP contribution < -0.4 is 14.9 Å². The van der Waals surface area contributed by atoms with E-state index in [2.05, 4.69) is 26.5 Å². The highest BCUT2D eigenvalue weighted by Crippen LogP contribution is 2.34. The van der Waals surface area contributed by atoms with Crippen LogP contribution in [0.3, 0.4) is 0 Å². The fourth-order valence-corrected chi connectivity index (χ4v) is 3.56. The number of benzene rings is 3. The van der Waals surface area contributed by atoms with Crippen molar-refractivity contribution >= 4 is 39.7 Å². The van der Waals surface area contributed by atoms with E-state index < -0.39 is 5.91 Å². The molecule has 8 heteroatoms. The lowest BCUT2D eigenvalue weighted by molar-refractivity contribution is 0.0955. The molecular weight excluding hydrogens is 496 g/mol. The summed E-state index contributed by atoms with van der Waals surface area (Å²) in [7, 11) is 1.58. The molecular formula is C24H22BrClN2O4. The number of phenols is 1. The Bertz CT molecular complexity index is 1130. The highest BCUT2D eigenvalue weighted by Gasteiger charge is 2.13.